The lowest BCUT2D eigenvalue weighted by Gasteiger charge is -2.45. The van der Waals surface area contributed by atoms with Crippen molar-refractivity contribution in [3.63, 3.8) is 0 Å². The van der Waals surface area contributed by atoms with Gasteiger partial charge in [-0.05, 0) is 48.9 Å². The van der Waals surface area contributed by atoms with Crippen LogP contribution in [0.4, 0.5) is 0 Å². The molecule has 0 N–H and O–H groups in total. The van der Waals surface area contributed by atoms with Gasteiger partial charge in [0.25, 0.3) is 0 Å². The number of nitrogens with zero attached hydrogens (tertiary/aromatic N) is 2. The third kappa shape index (κ3) is 2.71. The number of thiophene rings is 1. The summed E-state index contributed by atoms with van der Waals surface area (Å²) in [6.45, 7) is 7.07. The van der Waals surface area contributed by atoms with Crippen LogP contribution in [0.1, 0.15) is 21.6 Å². The fourth-order valence-electron chi connectivity index (χ4n) is 3.65. The zero-order valence-corrected chi connectivity index (χ0v) is 15.7. The number of fused-ring (bicyclic) bond motifs is 1. The van der Waals surface area contributed by atoms with E-state index in [2.05, 4.69) is 16.3 Å². The quantitative estimate of drug-likeness (QED) is 0.843. The van der Waals surface area contributed by atoms with Crippen molar-refractivity contribution in [1.82, 2.24) is 9.21 Å². The van der Waals surface area contributed by atoms with Crippen molar-refractivity contribution >= 4 is 21.4 Å². The van der Waals surface area contributed by atoms with E-state index in [1.54, 1.807) is 10.4 Å². The lowest BCUT2D eigenvalue weighted by atomic mass is 10.0. The fourth-order valence-corrected chi connectivity index (χ4v) is 6.26. The maximum atomic E-state index is 12.8. The van der Waals surface area contributed by atoms with Crippen LogP contribution in [0.5, 0.6) is 0 Å². The Kier molecular flexibility index (Phi) is 4.03. The Bertz CT molecular complexity index is 867. The van der Waals surface area contributed by atoms with Crippen molar-refractivity contribution in [3.05, 3.63) is 51.2 Å². The summed E-state index contributed by atoms with van der Waals surface area (Å²) >= 11 is 1.84. The maximum Gasteiger partial charge on any atom is 0.243 e. The summed E-state index contributed by atoms with van der Waals surface area (Å²) in [5, 5.41) is 2.16. The van der Waals surface area contributed by atoms with Crippen LogP contribution >= 0.6 is 11.3 Å². The van der Waals surface area contributed by atoms with Crippen LogP contribution in [0.25, 0.3) is 0 Å². The molecule has 0 bridgehead atoms. The zero-order valence-electron chi connectivity index (χ0n) is 14.0. The predicted octanol–water partition coefficient (Wildman–Crippen LogP) is 2.80. The zero-order chi connectivity index (χ0) is 16.9. The van der Waals surface area contributed by atoms with Crippen LogP contribution in [0.15, 0.2) is 34.5 Å². The molecule has 1 saturated heterocycles. The molecule has 1 aromatic heterocycles. The molecule has 24 heavy (non-hydrogen) atoms. The van der Waals surface area contributed by atoms with Crippen molar-refractivity contribution < 1.29 is 8.42 Å². The van der Waals surface area contributed by atoms with Gasteiger partial charge in [-0.3, -0.25) is 4.90 Å². The van der Waals surface area contributed by atoms with Gasteiger partial charge in [-0.2, -0.15) is 4.31 Å². The van der Waals surface area contributed by atoms with E-state index in [1.807, 2.05) is 37.3 Å². The molecule has 0 amide bonds. The van der Waals surface area contributed by atoms with Crippen molar-refractivity contribution in [1.29, 1.82) is 0 Å². The highest BCUT2D eigenvalue weighted by molar-refractivity contribution is 7.89. The van der Waals surface area contributed by atoms with Crippen LogP contribution in [-0.4, -0.2) is 43.3 Å². The summed E-state index contributed by atoms with van der Waals surface area (Å²) in [5.74, 6) is 0. The van der Waals surface area contributed by atoms with E-state index in [0.29, 0.717) is 24.0 Å². The molecule has 0 unspecified atom stereocenters. The third-order valence-electron chi connectivity index (χ3n) is 5.13. The first-order valence-corrected chi connectivity index (χ1v) is 10.6. The van der Waals surface area contributed by atoms with Gasteiger partial charge in [0.1, 0.15) is 0 Å². The summed E-state index contributed by atoms with van der Waals surface area (Å²) < 4.78 is 27.3. The summed E-state index contributed by atoms with van der Waals surface area (Å²) in [7, 11) is -3.36. The SMILES string of the molecule is Cc1ccc(S(=O)(=O)N2CC(N3CCc4sccc4C3)C2)c(C)c1. The minimum absolute atomic E-state index is 0.346. The van der Waals surface area contributed by atoms with Gasteiger partial charge in [-0.25, -0.2) is 8.42 Å². The van der Waals surface area contributed by atoms with Gasteiger partial charge in [0.05, 0.1) is 4.90 Å². The van der Waals surface area contributed by atoms with Crippen LogP contribution < -0.4 is 0 Å². The number of hydrogen-bond acceptors (Lipinski definition) is 4. The largest absolute Gasteiger partial charge is 0.293 e. The van der Waals surface area contributed by atoms with Crippen molar-refractivity contribution in [2.75, 3.05) is 19.6 Å². The topological polar surface area (TPSA) is 40.6 Å². The predicted molar refractivity (Wildman–Crippen MR) is 96.9 cm³/mol. The van der Waals surface area contributed by atoms with Gasteiger partial charge in [-0.15, -0.1) is 11.3 Å². The summed E-state index contributed by atoms with van der Waals surface area (Å²) in [6, 6.07) is 8.10. The van der Waals surface area contributed by atoms with Gasteiger partial charge in [0.15, 0.2) is 0 Å². The molecule has 2 aliphatic heterocycles. The molecule has 1 fully saturated rings. The van der Waals surface area contributed by atoms with E-state index in [0.717, 1.165) is 30.6 Å². The molecule has 4 rings (SSSR count). The van der Waals surface area contributed by atoms with Gasteiger partial charge in [0.2, 0.25) is 10.0 Å². The molecule has 4 nitrogen and oxygen atoms in total. The normalized spacial score (nSPS) is 19.9. The number of aryl methyl sites for hydroxylation is 2. The summed E-state index contributed by atoms with van der Waals surface area (Å²) in [6.07, 6.45) is 1.09. The minimum atomic E-state index is -3.36. The van der Waals surface area contributed by atoms with Crippen molar-refractivity contribution in [2.24, 2.45) is 0 Å². The molecule has 6 heteroatoms. The molecule has 0 saturated carbocycles. The first-order chi connectivity index (χ1) is 11.4. The van der Waals surface area contributed by atoms with Crippen LogP contribution in [0.3, 0.4) is 0 Å². The first-order valence-electron chi connectivity index (χ1n) is 8.32. The molecule has 0 atom stereocenters. The molecule has 0 spiro atoms. The Morgan fingerprint density at radius 3 is 2.71 bits per heavy atom. The lowest BCUT2D eigenvalue weighted by molar-refractivity contribution is 0.0775. The Balaban J connectivity index is 1.45. The second kappa shape index (κ2) is 5.95. The van der Waals surface area contributed by atoms with Gasteiger partial charge >= 0.3 is 0 Å². The van der Waals surface area contributed by atoms with E-state index in [4.69, 9.17) is 0 Å². The van der Waals surface area contributed by atoms with Gasteiger partial charge in [0, 0.05) is 37.1 Å². The van der Waals surface area contributed by atoms with E-state index >= 15 is 0 Å². The number of sulfonamides is 1. The van der Waals surface area contributed by atoms with Crippen molar-refractivity contribution in [2.45, 2.75) is 37.8 Å². The Labute approximate surface area is 147 Å². The average Bonchev–Trinajstić information content (AvgIpc) is 2.92. The Hall–Kier alpha value is -1.21. The average molecular weight is 363 g/mol. The molecule has 2 aromatic rings. The summed E-state index contributed by atoms with van der Waals surface area (Å²) in [4.78, 5) is 4.37. The van der Waals surface area contributed by atoms with Crippen molar-refractivity contribution in [3.8, 4) is 0 Å². The molecule has 128 valence electrons. The second-order valence-electron chi connectivity index (χ2n) is 6.83. The third-order valence-corrected chi connectivity index (χ3v) is 8.15. The highest BCUT2D eigenvalue weighted by atomic mass is 32.2. The molecule has 2 aliphatic rings. The second-order valence-corrected chi connectivity index (χ2v) is 9.74. The molecule has 1 aromatic carbocycles. The molecular weight excluding hydrogens is 340 g/mol. The lowest BCUT2D eigenvalue weighted by Crippen LogP contribution is -2.61. The van der Waals surface area contributed by atoms with Gasteiger partial charge < -0.3 is 0 Å². The summed E-state index contributed by atoms with van der Waals surface area (Å²) in [5.41, 5.74) is 3.34. The standard InChI is InChI=1S/C18H22N2O2S2/c1-13-3-4-18(14(2)9-13)24(21,22)20-11-16(12-20)19-7-5-17-15(10-19)6-8-23-17/h3-4,6,8-9,16H,5,7,10-12H2,1-2H3. The van der Waals surface area contributed by atoms with Crippen LogP contribution in [-0.2, 0) is 23.0 Å². The molecule has 3 heterocycles. The van der Waals surface area contributed by atoms with E-state index in [9.17, 15) is 8.42 Å². The van der Waals surface area contributed by atoms with Crippen LogP contribution in [0.2, 0.25) is 0 Å². The monoisotopic (exact) mass is 362 g/mol. The number of hydrogen-bond donors (Lipinski definition) is 0. The van der Waals surface area contributed by atoms with E-state index in [1.165, 1.54) is 10.4 Å². The molecular formula is C18H22N2O2S2. The smallest absolute Gasteiger partial charge is 0.243 e. The highest BCUT2D eigenvalue weighted by Crippen LogP contribution is 2.31. The molecule has 0 aliphatic carbocycles. The number of benzene rings is 1. The fraction of sp³-hybridized carbons (Fsp3) is 0.444. The maximum absolute atomic E-state index is 12.8. The van der Waals surface area contributed by atoms with Gasteiger partial charge in [-0.1, -0.05) is 17.7 Å². The molecule has 0 radical (unpaired) electrons. The van der Waals surface area contributed by atoms with E-state index < -0.39 is 10.0 Å². The highest BCUT2D eigenvalue weighted by Gasteiger charge is 2.40. The Morgan fingerprint density at radius 1 is 1.17 bits per heavy atom. The van der Waals surface area contributed by atoms with E-state index in [-0.39, 0.29) is 0 Å². The Morgan fingerprint density at radius 2 is 1.96 bits per heavy atom. The van der Waals surface area contributed by atoms with Crippen LogP contribution in [0, 0.1) is 13.8 Å². The number of rotatable bonds is 3. The first kappa shape index (κ1) is 16.3. The minimum Gasteiger partial charge on any atom is -0.293 e.